The summed E-state index contributed by atoms with van der Waals surface area (Å²) in [6, 6.07) is 17.4. The van der Waals surface area contributed by atoms with Gasteiger partial charge in [-0.25, -0.2) is 0 Å². The molecule has 4 heterocycles. The maximum Gasteiger partial charge on any atom is 0.300 e. The molecule has 2 aromatic carbocycles. The van der Waals surface area contributed by atoms with Gasteiger partial charge in [-0.1, -0.05) is 36.4 Å². The highest BCUT2D eigenvalue weighted by molar-refractivity contribution is 5.94. The molecule has 13 heteroatoms. The van der Waals surface area contributed by atoms with Crippen LogP contribution in [0.5, 0.6) is 0 Å². The number of carbonyl (C=O) groups is 2. The minimum Gasteiger partial charge on any atom is -0.380 e. The van der Waals surface area contributed by atoms with E-state index in [1.807, 2.05) is 108 Å². The Labute approximate surface area is 270 Å². The molecule has 6 rings (SSSR count). The number of imidazole rings is 2. The van der Waals surface area contributed by atoms with Crippen LogP contribution in [-0.2, 0) is 45.1 Å². The first kappa shape index (κ1) is 31.4. The van der Waals surface area contributed by atoms with Crippen molar-refractivity contribution < 1.29 is 14.3 Å². The molecule has 0 aliphatic carbocycles. The van der Waals surface area contributed by atoms with E-state index in [4.69, 9.17) is 4.74 Å². The molecule has 13 nitrogen and oxygen atoms in total. The van der Waals surface area contributed by atoms with E-state index in [-0.39, 0.29) is 11.6 Å². The fourth-order valence-electron chi connectivity index (χ4n) is 5.96. The van der Waals surface area contributed by atoms with Crippen LogP contribution in [-0.4, -0.2) is 57.2 Å². The summed E-state index contributed by atoms with van der Waals surface area (Å²) in [5.74, 6) is -0.788. The zero-order chi connectivity index (χ0) is 33.2. The number of nitrogens with zero attached hydrogens (tertiary/aromatic N) is 9. The van der Waals surface area contributed by atoms with E-state index in [0.717, 1.165) is 39.0 Å². The number of rotatable bonds is 9. The molecule has 0 atom stereocenters. The monoisotopic (exact) mass is 634 g/mol. The van der Waals surface area contributed by atoms with Crippen molar-refractivity contribution in [1.82, 2.24) is 38.2 Å². The first-order valence-electron chi connectivity index (χ1n) is 15.4. The van der Waals surface area contributed by atoms with Gasteiger partial charge in [-0.05, 0) is 51.1 Å². The summed E-state index contributed by atoms with van der Waals surface area (Å²) >= 11 is 0. The summed E-state index contributed by atoms with van der Waals surface area (Å²) in [5, 5.41) is 11.3. The first-order chi connectivity index (χ1) is 22.7. The molecule has 0 unspecified atom stereocenters. The fourth-order valence-corrected chi connectivity index (χ4v) is 5.96. The van der Waals surface area contributed by atoms with Crippen molar-refractivity contribution in [3.63, 3.8) is 0 Å². The normalized spacial score (nSPS) is 12.8. The van der Waals surface area contributed by atoms with Crippen LogP contribution < -0.4 is 11.2 Å². The van der Waals surface area contributed by atoms with E-state index in [9.17, 15) is 9.59 Å². The highest BCUT2D eigenvalue weighted by Gasteiger charge is 2.17. The average Bonchev–Trinajstić information content (AvgIpc) is 3.81. The van der Waals surface area contributed by atoms with Gasteiger partial charge in [0.15, 0.2) is 5.69 Å². The summed E-state index contributed by atoms with van der Waals surface area (Å²) < 4.78 is 15.1. The van der Waals surface area contributed by atoms with E-state index in [2.05, 4.69) is 25.3 Å². The smallest absolute Gasteiger partial charge is 0.300 e. The second-order valence-electron chi connectivity index (χ2n) is 11.4. The predicted molar refractivity (Wildman–Crippen MR) is 177 cm³/mol. The number of aryl methyl sites for hydroxylation is 5. The minimum atomic E-state index is -0.425. The van der Waals surface area contributed by atoms with Crippen LogP contribution in [0.15, 0.2) is 76.7 Å². The number of hydrogen-bond donors (Lipinski definition) is 1. The number of aromatic nitrogens is 8. The lowest BCUT2D eigenvalue weighted by Gasteiger charge is -2.07. The Bertz CT molecular complexity index is 2300. The van der Waals surface area contributed by atoms with Crippen LogP contribution in [0.1, 0.15) is 44.9 Å². The molecule has 6 aromatic rings. The number of fused-ring (bicyclic) bond motifs is 2. The third-order valence-corrected chi connectivity index (χ3v) is 8.14. The summed E-state index contributed by atoms with van der Waals surface area (Å²) in [5.41, 5.74) is 7.99. The second kappa shape index (κ2) is 13.0. The van der Waals surface area contributed by atoms with Crippen molar-refractivity contribution in [3.8, 4) is 0 Å². The Balaban J connectivity index is 1.41. The first-order valence-corrected chi connectivity index (χ1v) is 15.4. The van der Waals surface area contributed by atoms with Gasteiger partial charge in [0, 0.05) is 52.1 Å². The van der Waals surface area contributed by atoms with Gasteiger partial charge in [0.1, 0.15) is 5.69 Å². The summed E-state index contributed by atoms with van der Waals surface area (Å²) in [7, 11) is 5.47. The average molecular weight is 635 g/mol. The molecule has 0 fully saturated rings. The molecular weight excluding hydrogens is 596 g/mol. The minimum absolute atomic E-state index is 0.261. The van der Waals surface area contributed by atoms with Gasteiger partial charge in [-0.15, -0.1) is 0 Å². The van der Waals surface area contributed by atoms with Gasteiger partial charge in [-0.2, -0.15) is 20.2 Å². The molecule has 0 spiro atoms. The van der Waals surface area contributed by atoms with E-state index >= 15 is 0 Å². The zero-order valence-corrected chi connectivity index (χ0v) is 27.4. The predicted octanol–water partition coefficient (Wildman–Crippen LogP) is 3.71. The van der Waals surface area contributed by atoms with Crippen molar-refractivity contribution in [2.45, 2.75) is 47.0 Å². The topological polar surface area (TPSA) is 134 Å². The number of nitrogens with one attached hydrogen (secondary N) is 1. The zero-order valence-electron chi connectivity index (χ0n) is 27.4. The number of allylic oxidation sites excluding steroid dienone is 2. The maximum absolute atomic E-state index is 13.5. The van der Waals surface area contributed by atoms with E-state index in [1.165, 1.54) is 0 Å². The van der Waals surface area contributed by atoms with Gasteiger partial charge in [0.05, 0.1) is 34.4 Å². The number of benzene rings is 2. The van der Waals surface area contributed by atoms with Crippen molar-refractivity contribution in [3.05, 3.63) is 106 Å². The number of carbonyl (C=O) groups excluding carboxylic acids is 2. The van der Waals surface area contributed by atoms with E-state index in [0.29, 0.717) is 43.2 Å². The van der Waals surface area contributed by atoms with Crippen LogP contribution in [0.25, 0.3) is 22.1 Å². The number of amides is 2. The van der Waals surface area contributed by atoms with Gasteiger partial charge in [0.2, 0.25) is 11.2 Å². The lowest BCUT2D eigenvalue weighted by atomic mass is 10.2. The lowest BCUT2D eigenvalue weighted by Crippen LogP contribution is -2.27. The van der Waals surface area contributed by atoms with Crippen molar-refractivity contribution in [1.29, 1.82) is 0 Å². The van der Waals surface area contributed by atoms with Crippen molar-refractivity contribution >= 4 is 33.9 Å². The van der Waals surface area contributed by atoms with Gasteiger partial charge in [0.25, 0.3) is 5.91 Å². The van der Waals surface area contributed by atoms with E-state index < -0.39 is 5.91 Å². The molecule has 0 bridgehead atoms. The number of ether oxygens (including phenoxy) is 1. The molecule has 0 saturated heterocycles. The summed E-state index contributed by atoms with van der Waals surface area (Å²) in [6.45, 7) is 7.50. The highest BCUT2D eigenvalue weighted by Crippen LogP contribution is 2.19. The molecule has 242 valence electrons. The number of hydrogen-bond acceptors (Lipinski definition) is 5. The number of aromatic amines is 1. The Morgan fingerprint density at radius 3 is 2.23 bits per heavy atom. The van der Waals surface area contributed by atoms with Gasteiger partial charge >= 0.3 is 5.91 Å². The largest absolute Gasteiger partial charge is 0.380 e. The van der Waals surface area contributed by atoms with Crippen molar-refractivity contribution in [2.24, 2.45) is 24.1 Å². The van der Waals surface area contributed by atoms with Crippen LogP contribution in [0.2, 0.25) is 0 Å². The molecule has 0 aliphatic rings. The summed E-state index contributed by atoms with van der Waals surface area (Å²) in [6.07, 6.45) is 4.06. The Morgan fingerprint density at radius 1 is 0.872 bits per heavy atom. The van der Waals surface area contributed by atoms with Gasteiger partial charge < -0.3 is 23.0 Å². The highest BCUT2D eigenvalue weighted by atomic mass is 16.5. The molecular formula is C34H38N10O3. The molecule has 1 N–H and O–H groups in total. The number of methoxy groups -OCH3 is 1. The molecule has 47 heavy (non-hydrogen) atoms. The van der Waals surface area contributed by atoms with Crippen LogP contribution in [0.4, 0.5) is 0 Å². The number of para-hydroxylation sites is 3. The quantitative estimate of drug-likeness (QED) is 0.242. The summed E-state index contributed by atoms with van der Waals surface area (Å²) in [4.78, 5) is 35.7. The van der Waals surface area contributed by atoms with Gasteiger partial charge in [-0.3, -0.25) is 19.4 Å². The van der Waals surface area contributed by atoms with E-state index in [1.54, 1.807) is 23.9 Å². The third-order valence-electron chi connectivity index (χ3n) is 8.14. The maximum atomic E-state index is 13.5. The lowest BCUT2D eigenvalue weighted by molar-refractivity contribution is 0.0980. The molecule has 0 saturated carbocycles. The van der Waals surface area contributed by atoms with Crippen molar-refractivity contribution in [2.75, 3.05) is 7.11 Å². The number of H-pyrrole nitrogens is 1. The Kier molecular flexibility index (Phi) is 8.72. The SMILES string of the molecule is CCn1nc(C)cc1C(=O)N=c1n(C)c2cccc(COC)c2n1C/C=C/Cn1c(=NC(=O)c2cc(C)[nH]n2)n(C)c2ccccc21. The van der Waals surface area contributed by atoms with Crippen LogP contribution in [0, 0.1) is 13.8 Å². The molecule has 4 aromatic heterocycles. The molecule has 2 amide bonds. The fraction of sp³-hybridized carbons (Fsp3) is 0.294. The molecule has 0 radical (unpaired) electrons. The standard InChI is InChI=1S/C34H38N10O3/c1-7-44-29(20-23(3)39-44)32(46)36-34-41(5)28-16-12-13-24(21-47-6)30(28)43(34)18-11-10-17-42-27-15-9-8-14-26(27)40(4)33(42)35-31(45)25-19-22(2)37-38-25/h8-16,19-20H,7,17-18,21H2,1-6H3,(H,37,38)/b11-10+,35-33?,36-34?. The van der Waals surface area contributed by atoms with Crippen LogP contribution >= 0.6 is 0 Å². The third kappa shape index (κ3) is 5.92. The Hall–Kier alpha value is -5.56. The Morgan fingerprint density at radius 2 is 1.53 bits per heavy atom. The second-order valence-corrected chi connectivity index (χ2v) is 11.4. The van der Waals surface area contributed by atoms with Crippen LogP contribution in [0.3, 0.4) is 0 Å². The molecule has 0 aliphatic heterocycles.